The summed E-state index contributed by atoms with van der Waals surface area (Å²) in [5.41, 5.74) is 6.64. The van der Waals surface area contributed by atoms with Gasteiger partial charge in [0.15, 0.2) is 0 Å². The molecular formula is C14H21N3O3. The van der Waals surface area contributed by atoms with Crippen molar-refractivity contribution in [2.45, 2.75) is 44.7 Å². The summed E-state index contributed by atoms with van der Waals surface area (Å²) >= 11 is 0. The van der Waals surface area contributed by atoms with Crippen LogP contribution in [0.3, 0.4) is 0 Å². The van der Waals surface area contributed by atoms with Gasteiger partial charge in [-0.25, -0.2) is 4.79 Å². The number of hydrogen-bond acceptors (Lipinski definition) is 4. The standard InChI is InChI=1S/C14H21N3O3/c1-2-3-6-12(14(19)20)17-13(18)11(15)8-10-5-4-7-16-9-10/h4-5,7,9,11-12H,2-3,6,8,15H2,1H3,(H,17,18)(H,19,20). The summed E-state index contributed by atoms with van der Waals surface area (Å²) in [6.45, 7) is 1.97. The zero-order chi connectivity index (χ0) is 15.0. The molecule has 6 heteroatoms. The first-order chi connectivity index (χ1) is 9.54. The van der Waals surface area contributed by atoms with Gasteiger partial charge in [-0.05, 0) is 24.5 Å². The Morgan fingerprint density at radius 2 is 2.25 bits per heavy atom. The Labute approximate surface area is 118 Å². The molecule has 1 aromatic heterocycles. The van der Waals surface area contributed by atoms with Crippen LogP contribution in [0.5, 0.6) is 0 Å². The number of carbonyl (C=O) groups is 2. The first kappa shape index (κ1) is 16.1. The highest BCUT2D eigenvalue weighted by Gasteiger charge is 2.22. The number of pyridine rings is 1. The van der Waals surface area contributed by atoms with Crippen LogP contribution >= 0.6 is 0 Å². The van der Waals surface area contributed by atoms with E-state index in [9.17, 15) is 9.59 Å². The maximum atomic E-state index is 11.9. The van der Waals surface area contributed by atoms with Crippen molar-refractivity contribution in [3.8, 4) is 0 Å². The molecule has 2 unspecified atom stereocenters. The second kappa shape index (κ2) is 8.27. The Bertz CT molecular complexity index is 437. The minimum absolute atomic E-state index is 0.333. The Morgan fingerprint density at radius 3 is 2.80 bits per heavy atom. The summed E-state index contributed by atoms with van der Waals surface area (Å²) in [6, 6.07) is 1.94. The molecule has 110 valence electrons. The van der Waals surface area contributed by atoms with Gasteiger partial charge in [-0.3, -0.25) is 9.78 Å². The van der Waals surface area contributed by atoms with Crippen molar-refractivity contribution in [3.63, 3.8) is 0 Å². The van der Waals surface area contributed by atoms with Crippen LogP contribution in [0, 0.1) is 0 Å². The van der Waals surface area contributed by atoms with Crippen molar-refractivity contribution in [1.29, 1.82) is 0 Å². The van der Waals surface area contributed by atoms with Crippen LogP contribution in [-0.4, -0.2) is 34.1 Å². The number of unbranched alkanes of at least 4 members (excludes halogenated alkanes) is 1. The number of hydrogen-bond donors (Lipinski definition) is 3. The van der Waals surface area contributed by atoms with Crippen molar-refractivity contribution in [1.82, 2.24) is 10.3 Å². The predicted molar refractivity (Wildman–Crippen MR) is 75.0 cm³/mol. The Balaban J connectivity index is 2.53. The molecule has 0 aromatic carbocycles. The zero-order valence-corrected chi connectivity index (χ0v) is 11.6. The highest BCUT2D eigenvalue weighted by atomic mass is 16.4. The van der Waals surface area contributed by atoms with Gasteiger partial charge >= 0.3 is 5.97 Å². The molecule has 0 aliphatic heterocycles. The number of nitrogens with two attached hydrogens (primary N) is 1. The Morgan fingerprint density at radius 1 is 1.50 bits per heavy atom. The van der Waals surface area contributed by atoms with E-state index in [1.807, 2.05) is 13.0 Å². The van der Waals surface area contributed by atoms with Gasteiger partial charge in [0, 0.05) is 12.4 Å². The van der Waals surface area contributed by atoms with Gasteiger partial charge in [0.2, 0.25) is 5.91 Å². The smallest absolute Gasteiger partial charge is 0.326 e. The molecule has 4 N–H and O–H groups in total. The number of rotatable bonds is 8. The summed E-state index contributed by atoms with van der Waals surface area (Å²) in [5.74, 6) is -1.47. The molecule has 0 fully saturated rings. The topological polar surface area (TPSA) is 105 Å². The van der Waals surface area contributed by atoms with E-state index in [2.05, 4.69) is 10.3 Å². The first-order valence-corrected chi connectivity index (χ1v) is 6.72. The maximum Gasteiger partial charge on any atom is 0.326 e. The first-order valence-electron chi connectivity index (χ1n) is 6.72. The minimum atomic E-state index is -1.03. The molecule has 1 heterocycles. The average Bonchev–Trinajstić information content (AvgIpc) is 2.43. The summed E-state index contributed by atoms with van der Waals surface area (Å²) in [4.78, 5) is 26.9. The summed E-state index contributed by atoms with van der Waals surface area (Å²) in [5, 5.41) is 11.5. The fraction of sp³-hybridized carbons (Fsp3) is 0.500. The Kier molecular flexibility index (Phi) is 6.66. The molecule has 20 heavy (non-hydrogen) atoms. The van der Waals surface area contributed by atoms with Crippen molar-refractivity contribution < 1.29 is 14.7 Å². The number of carbonyl (C=O) groups excluding carboxylic acids is 1. The summed E-state index contributed by atoms with van der Waals surface area (Å²) < 4.78 is 0. The van der Waals surface area contributed by atoms with Gasteiger partial charge in [-0.1, -0.05) is 25.8 Å². The normalized spacial score (nSPS) is 13.5. The second-order valence-corrected chi connectivity index (χ2v) is 4.71. The number of carboxylic acid groups (broad SMARTS) is 1. The fourth-order valence-corrected chi connectivity index (χ4v) is 1.81. The number of aromatic nitrogens is 1. The predicted octanol–water partition coefficient (Wildman–Crippen LogP) is 0.711. The lowest BCUT2D eigenvalue weighted by Crippen LogP contribution is -2.49. The van der Waals surface area contributed by atoms with Crippen molar-refractivity contribution in [2.24, 2.45) is 5.73 Å². The number of amides is 1. The molecule has 0 bridgehead atoms. The molecule has 0 saturated heterocycles. The molecule has 0 radical (unpaired) electrons. The van der Waals surface area contributed by atoms with Crippen LogP contribution in [-0.2, 0) is 16.0 Å². The number of nitrogens with one attached hydrogen (secondary N) is 1. The van der Waals surface area contributed by atoms with Crippen molar-refractivity contribution in [2.75, 3.05) is 0 Å². The fourth-order valence-electron chi connectivity index (χ4n) is 1.81. The van der Waals surface area contributed by atoms with E-state index in [1.54, 1.807) is 18.5 Å². The third-order valence-electron chi connectivity index (χ3n) is 2.98. The third-order valence-corrected chi connectivity index (χ3v) is 2.98. The van der Waals surface area contributed by atoms with Crippen LogP contribution in [0.4, 0.5) is 0 Å². The molecule has 0 aliphatic carbocycles. The monoisotopic (exact) mass is 279 g/mol. The van der Waals surface area contributed by atoms with Gasteiger partial charge in [0.25, 0.3) is 0 Å². The van der Waals surface area contributed by atoms with E-state index in [0.29, 0.717) is 12.8 Å². The van der Waals surface area contributed by atoms with Crippen LogP contribution in [0.1, 0.15) is 31.7 Å². The van der Waals surface area contributed by atoms with E-state index in [0.717, 1.165) is 18.4 Å². The number of nitrogens with zero attached hydrogens (tertiary/aromatic N) is 1. The lowest BCUT2D eigenvalue weighted by molar-refractivity contribution is -0.142. The maximum absolute atomic E-state index is 11.9. The van der Waals surface area contributed by atoms with Gasteiger partial charge < -0.3 is 16.2 Å². The van der Waals surface area contributed by atoms with E-state index in [-0.39, 0.29) is 0 Å². The average molecular weight is 279 g/mol. The zero-order valence-electron chi connectivity index (χ0n) is 11.6. The van der Waals surface area contributed by atoms with Crippen molar-refractivity contribution in [3.05, 3.63) is 30.1 Å². The minimum Gasteiger partial charge on any atom is -0.480 e. The van der Waals surface area contributed by atoms with E-state index < -0.39 is 24.0 Å². The van der Waals surface area contributed by atoms with Crippen LogP contribution < -0.4 is 11.1 Å². The molecule has 2 atom stereocenters. The van der Waals surface area contributed by atoms with Gasteiger partial charge in [0.05, 0.1) is 6.04 Å². The van der Waals surface area contributed by atoms with Gasteiger partial charge in [0.1, 0.15) is 6.04 Å². The molecule has 0 aliphatic rings. The SMILES string of the molecule is CCCCC(NC(=O)C(N)Cc1cccnc1)C(=O)O. The van der Waals surface area contributed by atoms with Gasteiger partial charge in [-0.15, -0.1) is 0 Å². The largest absolute Gasteiger partial charge is 0.480 e. The molecule has 1 rings (SSSR count). The quantitative estimate of drug-likeness (QED) is 0.650. The molecule has 6 nitrogen and oxygen atoms in total. The number of carboxylic acids is 1. The molecule has 1 amide bonds. The lowest BCUT2D eigenvalue weighted by atomic mass is 10.1. The Hall–Kier alpha value is -1.95. The third kappa shape index (κ3) is 5.36. The van der Waals surface area contributed by atoms with Crippen LogP contribution in [0.25, 0.3) is 0 Å². The second-order valence-electron chi connectivity index (χ2n) is 4.71. The van der Waals surface area contributed by atoms with E-state index in [1.165, 1.54) is 0 Å². The summed E-state index contributed by atoms with van der Waals surface area (Å²) in [6.07, 6.45) is 5.65. The molecule has 0 spiro atoms. The molecule has 1 aromatic rings. The van der Waals surface area contributed by atoms with Crippen LogP contribution in [0.15, 0.2) is 24.5 Å². The van der Waals surface area contributed by atoms with Crippen molar-refractivity contribution >= 4 is 11.9 Å². The highest BCUT2D eigenvalue weighted by molar-refractivity contribution is 5.86. The lowest BCUT2D eigenvalue weighted by Gasteiger charge is -2.17. The van der Waals surface area contributed by atoms with Crippen LogP contribution in [0.2, 0.25) is 0 Å². The highest BCUT2D eigenvalue weighted by Crippen LogP contribution is 2.03. The summed E-state index contributed by atoms with van der Waals surface area (Å²) in [7, 11) is 0. The van der Waals surface area contributed by atoms with Gasteiger partial charge in [-0.2, -0.15) is 0 Å². The number of aliphatic carboxylic acids is 1. The van der Waals surface area contributed by atoms with E-state index >= 15 is 0 Å². The van der Waals surface area contributed by atoms with E-state index in [4.69, 9.17) is 10.8 Å². The molecule has 0 saturated carbocycles. The molecular weight excluding hydrogens is 258 g/mol.